The Morgan fingerprint density at radius 2 is 2.26 bits per heavy atom. The minimum Gasteiger partial charge on any atom is -0.467 e. The number of thioether (sulfide) groups is 1. The fraction of sp³-hybridized carbons (Fsp3) is 0.333. The maximum Gasteiger partial charge on any atom is 0.263 e. The number of aromatic nitrogens is 3. The first kappa shape index (κ1) is 19.1. The quantitative estimate of drug-likeness (QED) is 0.465. The van der Waals surface area contributed by atoms with Crippen molar-refractivity contribution in [1.29, 1.82) is 0 Å². The number of rotatable bonds is 8. The van der Waals surface area contributed by atoms with E-state index < -0.39 is 0 Å². The van der Waals surface area contributed by atoms with Crippen molar-refractivity contribution in [2.24, 2.45) is 0 Å². The molecule has 1 amide bonds. The molecule has 1 atom stereocenters. The number of fused-ring (bicyclic) bond motifs is 1. The molecule has 0 aliphatic rings. The van der Waals surface area contributed by atoms with Crippen molar-refractivity contribution < 1.29 is 13.9 Å². The summed E-state index contributed by atoms with van der Waals surface area (Å²) in [6.45, 7) is 2.55. The van der Waals surface area contributed by atoms with Crippen molar-refractivity contribution in [3.63, 3.8) is 0 Å². The summed E-state index contributed by atoms with van der Waals surface area (Å²) >= 11 is 1.19. The third-order valence-corrected chi connectivity index (χ3v) is 4.87. The number of furan rings is 1. The van der Waals surface area contributed by atoms with E-state index in [9.17, 15) is 9.59 Å². The van der Waals surface area contributed by atoms with Crippen molar-refractivity contribution in [1.82, 2.24) is 19.9 Å². The molecule has 0 saturated carbocycles. The van der Waals surface area contributed by atoms with Crippen LogP contribution < -0.4 is 10.9 Å². The average Bonchev–Trinajstić information content (AvgIpc) is 3.21. The van der Waals surface area contributed by atoms with Gasteiger partial charge in [-0.1, -0.05) is 11.8 Å². The molecule has 0 saturated heterocycles. The predicted octanol–water partition coefficient (Wildman–Crippen LogP) is 2.00. The second-order valence-corrected chi connectivity index (χ2v) is 6.75. The van der Waals surface area contributed by atoms with Gasteiger partial charge in [-0.2, -0.15) is 0 Å². The monoisotopic (exact) mass is 388 g/mol. The second kappa shape index (κ2) is 8.83. The lowest BCUT2D eigenvalue weighted by atomic mass is 10.2. The molecule has 3 heterocycles. The Bertz CT molecular complexity index is 971. The highest BCUT2D eigenvalue weighted by Gasteiger charge is 2.16. The molecule has 1 unspecified atom stereocenters. The first-order valence-electron chi connectivity index (χ1n) is 8.40. The van der Waals surface area contributed by atoms with Gasteiger partial charge in [0.25, 0.3) is 5.56 Å². The highest BCUT2D eigenvalue weighted by atomic mass is 32.2. The van der Waals surface area contributed by atoms with Gasteiger partial charge in [-0.15, -0.1) is 0 Å². The third kappa shape index (κ3) is 4.55. The van der Waals surface area contributed by atoms with E-state index in [1.54, 1.807) is 43.8 Å². The van der Waals surface area contributed by atoms with Gasteiger partial charge in [-0.3, -0.25) is 14.2 Å². The van der Waals surface area contributed by atoms with Crippen LogP contribution in [-0.4, -0.2) is 39.9 Å². The zero-order chi connectivity index (χ0) is 19.2. The fourth-order valence-electron chi connectivity index (χ4n) is 2.55. The van der Waals surface area contributed by atoms with E-state index in [4.69, 9.17) is 9.15 Å². The number of nitrogens with zero attached hydrogens (tertiary/aromatic N) is 3. The Labute approximate surface area is 159 Å². The van der Waals surface area contributed by atoms with Gasteiger partial charge < -0.3 is 14.5 Å². The summed E-state index contributed by atoms with van der Waals surface area (Å²) in [5.74, 6) is 0.610. The number of nitrogens with one attached hydrogen (secondary N) is 1. The molecule has 3 aromatic heterocycles. The maximum absolute atomic E-state index is 12.7. The number of hydrogen-bond donors (Lipinski definition) is 1. The van der Waals surface area contributed by atoms with Crippen LogP contribution in [0.2, 0.25) is 0 Å². The SMILES string of the molecule is COCCn1c(SCC(=O)NC(C)c2ccco2)nc2ncccc2c1=O. The summed E-state index contributed by atoms with van der Waals surface area (Å²) in [5, 5.41) is 3.73. The molecule has 9 heteroatoms. The van der Waals surface area contributed by atoms with E-state index in [1.807, 2.05) is 6.92 Å². The molecule has 8 nitrogen and oxygen atoms in total. The van der Waals surface area contributed by atoms with Gasteiger partial charge in [0.15, 0.2) is 10.8 Å². The molecule has 3 rings (SSSR count). The maximum atomic E-state index is 12.7. The Balaban J connectivity index is 1.76. The van der Waals surface area contributed by atoms with Crippen molar-refractivity contribution in [3.05, 3.63) is 52.8 Å². The van der Waals surface area contributed by atoms with E-state index in [1.165, 1.54) is 16.3 Å². The van der Waals surface area contributed by atoms with Gasteiger partial charge in [0.2, 0.25) is 5.91 Å². The molecule has 27 heavy (non-hydrogen) atoms. The van der Waals surface area contributed by atoms with Crippen LogP contribution in [0.1, 0.15) is 18.7 Å². The number of amides is 1. The van der Waals surface area contributed by atoms with E-state index in [0.717, 1.165) is 0 Å². The Kier molecular flexibility index (Phi) is 6.25. The molecular formula is C18H20N4O4S. The molecule has 0 spiro atoms. The molecule has 0 aliphatic carbocycles. The summed E-state index contributed by atoms with van der Waals surface area (Å²) in [6.07, 6.45) is 3.15. The summed E-state index contributed by atoms with van der Waals surface area (Å²) < 4.78 is 11.9. The summed E-state index contributed by atoms with van der Waals surface area (Å²) in [4.78, 5) is 33.6. The number of carbonyl (C=O) groups excluding carboxylic acids is 1. The highest BCUT2D eigenvalue weighted by molar-refractivity contribution is 7.99. The number of pyridine rings is 1. The van der Waals surface area contributed by atoms with Crippen LogP contribution in [0.15, 0.2) is 51.1 Å². The third-order valence-electron chi connectivity index (χ3n) is 3.89. The lowest BCUT2D eigenvalue weighted by molar-refractivity contribution is -0.119. The number of ether oxygens (including phenoxy) is 1. The smallest absolute Gasteiger partial charge is 0.263 e. The number of methoxy groups -OCH3 is 1. The molecular weight excluding hydrogens is 368 g/mol. The van der Waals surface area contributed by atoms with Gasteiger partial charge in [0.05, 0.1) is 36.6 Å². The molecule has 0 aromatic carbocycles. The normalized spacial score (nSPS) is 12.2. The summed E-state index contributed by atoms with van der Waals surface area (Å²) in [5.41, 5.74) is 0.167. The zero-order valence-corrected chi connectivity index (χ0v) is 15.9. The Morgan fingerprint density at radius 1 is 1.41 bits per heavy atom. The zero-order valence-electron chi connectivity index (χ0n) is 15.0. The topological polar surface area (TPSA) is 99.2 Å². The largest absolute Gasteiger partial charge is 0.467 e. The molecule has 0 bridgehead atoms. The van der Waals surface area contributed by atoms with E-state index >= 15 is 0 Å². The van der Waals surface area contributed by atoms with Crippen molar-refractivity contribution >= 4 is 28.7 Å². The minimum atomic E-state index is -0.241. The molecule has 3 aromatic rings. The lowest BCUT2D eigenvalue weighted by Crippen LogP contribution is -2.29. The molecule has 0 aliphatic heterocycles. The minimum absolute atomic E-state index is 0.114. The first-order chi connectivity index (χ1) is 13.1. The predicted molar refractivity (Wildman–Crippen MR) is 102 cm³/mol. The van der Waals surface area contributed by atoms with Crippen LogP contribution in [0.5, 0.6) is 0 Å². The average molecular weight is 388 g/mol. The summed E-state index contributed by atoms with van der Waals surface area (Å²) in [7, 11) is 1.57. The lowest BCUT2D eigenvalue weighted by Gasteiger charge is -2.13. The summed E-state index contributed by atoms with van der Waals surface area (Å²) in [6, 6.07) is 6.72. The molecule has 142 valence electrons. The Hall–Kier alpha value is -2.65. The van der Waals surface area contributed by atoms with Crippen LogP contribution in [0.4, 0.5) is 0 Å². The van der Waals surface area contributed by atoms with Crippen LogP contribution in [0.25, 0.3) is 11.0 Å². The highest BCUT2D eigenvalue weighted by Crippen LogP contribution is 2.18. The first-order valence-corrected chi connectivity index (χ1v) is 9.38. The Morgan fingerprint density at radius 3 is 3.00 bits per heavy atom. The van der Waals surface area contributed by atoms with Crippen LogP contribution in [-0.2, 0) is 16.1 Å². The van der Waals surface area contributed by atoms with Crippen molar-refractivity contribution in [3.8, 4) is 0 Å². The molecule has 0 radical (unpaired) electrons. The van der Waals surface area contributed by atoms with Gasteiger partial charge >= 0.3 is 0 Å². The number of carbonyl (C=O) groups is 1. The van der Waals surface area contributed by atoms with E-state index in [2.05, 4.69) is 15.3 Å². The van der Waals surface area contributed by atoms with Gasteiger partial charge in [-0.05, 0) is 31.2 Å². The second-order valence-electron chi connectivity index (χ2n) is 5.81. The van der Waals surface area contributed by atoms with Gasteiger partial charge in [-0.25, -0.2) is 9.97 Å². The van der Waals surface area contributed by atoms with E-state index in [-0.39, 0.29) is 23.3 Å². The van der Waals surface area contributed by atoms with E-state index in [0.29, 0.717) is 35.1 Å². The molecule has 1 N–H and O–H groups in total. The van der Waals surface area contributed by atoms with Crippen LogP contribution in [0, 0.1) is 0 Å². The standard InChI is InChI=1S/C18H20N4O4S/c1-12(14-6-4-9-26-14)20-15(23)11-27-18-21-16-13(5-3-7-19-16)17(24)22(18)8-10-25-2/h3-7,9,12H,8,10-11H2,1-2H3,(H,20,23). The van der Waals surface area contributed by atoms with Gasteiger partial charge in [0.1, 0.15) is 5.76 Å². The van der Waals surface area contributed by atoms with Gasteiger partial charge in [0, 0.05) is 13.3 Å². The van der Waals surface area contributed by atoms with Crippen molar-refractivity contribution in [2.75, 3.05) is 19.5 Å². The number of hydrogen-bond acceptors (Lipinski definition) is 7. The van der Waals surface area contributed by atoms with Crippen molar-refractivity contribution in [2.45, 2.75) is 24.7 Å². The van der Waals surface area contributed by atoms with Crippen LogP contribution in [0.3, 0.4) is 0 Å². The molecule has 0 fully saturated rings. The fourth-order valence-corrected chi connectivity index (χ4v) is 3.37. The van der Waals surface area contributed by atoms with Crippen LogP contribution >= 0.6 is 11.8 Å².